The fourth-order valence-corrected chi connectivity index (χ4v) is 2.76. The lowest BCUT2D eigenvalue weighted by Crippen LogP contribution is -2.39. The molecule has 0 saturated carbocycles. The monoisotopic (exact) mass is 338 g/mol. The Morgan fingerprint density at radius 2 is 1.60 bits per heavy atom. The second-order valence-corrected chi connectivity index (χ2v) is 6.66. The molecule has 0 aliphatic rings. The van der Waals surface area contributed by atoms with E-state index in [1.807, 2.05) is 55.5 Å². The number of aryl methyl sites for hydroxylation is 1. The van der Waals surface area contributed by atoms with Gasteiger partial charge in [0.2, 0.25) is 5.91 Å². The SMILES string of the molecule is Cc1ccccc1C(=O)NCC(=O)NC(CC(C)C)c1ccccc1. The molecule has 2 amide bonds. The van der Waals surface area contributed by atoms with Gasteiger partial charge in [-0.2, -0.15) is 0 Å². The van der Waals surface area contributed by atoms with Crippen LogP contribution in [0.4, 0.5) is 0 Å². The van der Waals surface area contributed by atoms with Crippen molar-refractivity contribution < 1.29 is 9.59 Å². The molecule has 0 spiro atoms. The Bertz CT molecular complexity index is 711. The highest BCUT2D eigenvalue weighted by molar-refractivity contribution is 5.97. The van der Waals surface area contributed by atoms with E-state index in [1.165, 1.54) is 0 Å². The number of amides is 2. The molecule has 2 N–H and O–H groups in total. The lowest BCUT2D eigenvalue weighted by molar-refractivity contribution is -0.121. The first kappa shape index (κ1) is 18.7. The zero-order valence-electron chi connectivity index (χ0n) is 15.1. The minimum Gasteiger partial charge on any atom is -0.348 e. The molecule has 0 aliphatic heterocycles. The summed E-state index contributed by atoms with van der Waals surface area (Å²) < 4.78 is 0. The second kappa shape index (κ2) is 9.02. The molecule has 0 saturated heterocycles. The summed E-state index contributed by atoms with van der Waals surface area (Å²) in [5, 5.41) is 5.73. The second-order valence-electron chi connectivity index (χ2n) is 6.66. The van der Waals surface area contributed by atoms with Crippen LogP contribution in [0.15, 0.2) is 54.6 Å². The van der Waals surface area contributed by atoms with Crippen molar-refractivity contribution >= 4 is 11.8 Å². The van der Waals surface area contributed by atoms with E-state index >= 15 is 0 Å². The van der Waals surface area contributed by atoms with E-state index in [4.69, 9.17) is 0 Å². The predicted molar refractivity (Wildman–Crippen MR) is 100 cm³/mol. The third-order valence-electron chi connectivity index (χ3n) is 4.04. The standard InChI is InChI=1S/C21H26N2O2/c1-15(2)13-19(17-10-5-4-6-11-17)23-20(24)14-22-21(25)18-12-8-7-9-16(18)3/h4-12,15,19H,13-14H2,1-3H3,(H,22,25)(H,23,24). The molecule has 0 fully saturated rings. The van der Waals surface area contributed by atoms with Gasteiger partial charge in [-0.15, -0.1) is 0 Å². The molecular formula is C21H26N2O2. The highest BCUT2D eigenvalue weighted by Crippen LogP contribution is 2.20. The lowest BCUT2D eigenvalue weighted by Gasteiger charge is -2.21. The Kier molecular flexibility index (Phi) is 6.75. The molecule has 0 aliphatic carbocycles. The normalized spacial score (nSPS) is 11.8. The minimum absolute atomic E-state index is 0.0331. The first-order valence-electron chi connectivity index (χ1n) is 8.65. The molecule has 132 valence electrons. The van der Waals surface area contributed by atoms with Gasteiger partial charge < -0.3 is 10.6 Å². The third kappa shape index (κ3) is 5.75. The number of carbonyl (C=O) groups is 2. The smallest absolute Gasteiger partial charge is 0.251 e. The molecule has 25 heavy (non-hydrogen) atoms. The number of carbonyl (C=O) groups excluding carboxylic acids is 2. The van der Waals surface area contributed by atoms with Crippen molar-refractivity contribution in [2.75, 3.05) is 6.54 Å². The molecule has 2 aromatic rings. The van der Waals surface area contributed by atoms with Gasteiger partial charge in [-0.1, -0.05) is 62.4 Å². The van der Waals surface area contributed by atoms with E-state index in [2.05, 4.69) is 24.5 Å². The predicted octanol–water partition coefficient (Wildman–Crippen LogP) is 3.63. The van der Waals surface area contributed by atoms with Crippen molar-refractivity contribution in [2.24, 2.45) is 5.92 Å². The van der Waals surface area contributed by atoms with Gasteiger partial charge in [0.1, 0.15) is 0 Å². The van der Waals surface area contributed by atoms with Crippen LogP contribution in [0.5, 0.6) is 0 Å². The van der Waals surface area contributed by atoms with Gasteiger partial charge in [-0.25, -0.2) is 0 Å². The number of hydrogen-bond acceptors (Lipinski definition) is 2. The maximum Gasteiger partial charge on any atom is 0.251 e. The molecule has 1 unspecified atom stereocenters. The summed E-state index contributed by atoms with van der Waals surface area (Å²) in [6.45, 7) is 6.10. The van der Waals surface area contributed by atoms with E-state index in [0.717, 1.165) is 17.5 Å². The summed E-state index contributed by atoms with van der Waals surface area (Å²) in [7, 11) is 0. The van der Waals surface area contributed by atoms with E-state index in [9.17, 15) is 9.59 Å². The summed E-state index contributed by atoms with van der Waals surface area (Å²) in [6.07, 6.45) is 0.849. The summed E-state index contributed by atoms with van der Waals surface area (Å²) in [5.41, 5.74) is 2.56. The summed E-state index contributed by atoms with van der Waals surface area (Å²) in [4.78, 5) is 24.5. The van der Waals surface area contributed by atoms with Gasteiger partial charge in [0.15, 0.2) is 0 Å². The quantitative estimate of drug-likeness (QED) is 0.810. The van der Waals surface area contributed by atoms with Crippen molar-refractivity contribution in [3.63, 3.8) is 0 Å². The summed E-state index contributed by atoms with van der Waals surface area (Å²) >= 11 is 0. The van der Waals surface area contributed by atoms with Crippen molar-refractivity contribution in [3.05, 3.63) is 71.3 Å². The van der Waals surface area contributed by atoms with Gasteiger partial charge in [-0.3, -0.25) is 9.59 Å². The topological polar surface area (TPSA) is 58.2 Å². The Labute approximate surface area is 149 Å². The van der Waals surface area contributed by atoms with Crippen molar-refractivity contribution in [2.45, 2.75) is 33.2 Å². The van der Waals surface area contributed by atoms with E-state index in [0.29, 0.717) is 11.5 Å². The van der Waals surface area contributed by atoms with Crippen LogP contribution >= 0.6 is 0 Å². The zero-order valence-corrected chi connectivity index (χ0v) is 15.1. The molecule has 4 nitrogen and oxygen atoms in total. The Balaban J connectivity index is 1.95. The first-order chi connectivity index (χ1) is 12.0. The molecule has 4 heteroatoms. The molecule has 0 aromatic heterocycles. The largest absolute Gasteiger partial charge is 0.348 e. The number of benzene rings is 2. The Hall–Kier alpha value is -2.62. The molecule has 1 atom stereocenters. The molecule has 2 rings (SSSR count). The molecule has 2 aromatic carbocycles. The summed E-state index contributed by atoms with van der Waals surface area (Å²) in [5.74, 6) is 0.0388. The van der Waals surface area contributed by atoms with Crippen LogP contribution in [0.1, 0.15) is 47.8 Å². The van der Waals surface area contributed by atoms with Crippen LogP contribution in [0.3, 0.4) is 0 Å². The lowest BCUT2D eigenvalue weighted by atomic mass is 9.97. The van der Waals surface area contributed by atoms with Crippen LogP contribution in [-0.4, -0.2) is 18.4 Å². The average Bonchev–Trinajstić information content (AvgIpc) is 2.60. The Morgan fingerprint density at radius 3 is 2.24 bits per heavy atom. The Morgan fingerprint density at radius 1 is 0.960 bits per heavy atom. The minimum atomic E-state index is -0.228. The fraction of sp³-hybridized carbons (Fsp3) is 0.333. The van der Waals surface area contributed by atoms with Crippen LogP contribution in [-0.2, 0) is 4.79 Å². The van der Waals surface area contributed by atoms with Crippen molar-refractivity contribution in [1.29, 1.82) is 0 Å². The van der Waals surface area contributed by atoms with Crippen molar-refractivity contribution in [3.8, 4) is 0 Å². The first-order valence-corrected chi connectivity index (χ1v) is 8.65. The van der Waals surface area contributed by atoms with Gasteiger partial charge >= 0.3 is 0 Å². The number of hydrogen-bond donors (Lipinski definition) is 2. The zero-order chi connectivity index (χ0) is 18.2. The fourth-order valence-electron chi connectivity index (χ4n) is 2.76. The van der Waals surface area contributed by atoms with E-state index < -0.39 is 0 Å². The maximum absolute atomic E-state index is 12.3. The van der Waals surface area contributed by atoms with E-state index in [-0.39, 0.29) is 24.4 Å². The highest BCUT2D eigenvalue weighted by atomic mass is 16.2. The van der Waals surface area contributed by atoms with E-state index in [1.54, 1.807) is 6.07 Å². The number of rotatable bonds is 7. The summed E-state index contributed by atoms with van der Waals surface area (Å²) in [6, 6.07) is 17.2. The van der Waals surface area contributed by atoms with Crippen LogP contribution in [0.25, 0.3) is 0 Å². The maximum atomic E-state index is 12.3. The van der Waals surface area contributed by atoms with Crippen LogP contribution < -0.4 is 10.6 Å². The average molecular weight is 338 g/mol. The van der Waals surface area contributed by atoms with Gasteiger partial charge in [-0.05, 0) is 36.5 Å². The van der Waals surface area contributed by atoms with Gasteiger partial charge in [0.25, 0.3) is 5.91 Å². The number of nitrogens with one attached hydrogen (secondary N) is 2. The molecular weight excluding hydrogens is 312 g/mol. The van der Waals surface area contributed by atoms with Gasteiger partial charge in [0.05, 0.1) is 12.6 Å². The van der Waals surface area contributed by atoms with Crippen LogP contribution in [0.2, 0.25) is 0 Å². The molecule has 0 bridgehead atoms. The third-order valence-corrected chi connectivity index (χ3v) is 4.04. The molecule has 0 radical (unpaired) electrons. The van der Waals surface area contributed by atoms with Crippen molar-refractivity contribution in [1.82, 2.24) is 10.6 Å². The van der Waals surface area contributed by atoms with Gasteiger partial charge in [0, 0.05) is 5.56 Å². The highest BCUT2D eigenvalue weighted by Gasteiger charge is 2.17. The van der Waals surface area contributed by atoms with Crippen LogP contribution in [0, 0.1) is 12.8 Å². The molecule has 0 heterocycles.